The van der Waals surface area contributed by atoms with Crippen LogP contribution in [0.1, 0.15) is 19.4 Å². The maximum absolute atomic E-state index is 12.1. The van der Waals surface area contributed by atoms with Crippen LogP contribution in [0.5, 0.6) is 11.5 Å². The van der Waals surface area contributed by atoms with E-state index in [-0.39, 0.29) is 18.2 Å². The summed E-state index contributed by atoms with van der Waals surface area (Å²) in [4.78, 5) is 24.5. The third kappa shape index (κ3) is 7.42. The zero-order valence-corrected chi connectivity index (χ0v) is 16.8. The van der Waals surface area contributed by atoms with Crippen molar-refractivity contribution in [2.24, 2.45) is 0 Å². The van der Waals surface area contributed by atoms with Crippen LogP contribution < -0.4 is 14.8 Å². The molecule has 1 amide bonds. The highest BCUT2D eigenvalue weighted by Crippen LogP contribution is 2.18. The molecule has 8 heteroatoms. The molecule has 1 N–H and O–H groups in total. The lowest BCUT2D eigenvalue weighted by Gasteiger charge is -2.19. The first-order valence-corrected chi connectivity index (χ1v) is 9.60. The van der Waals surface area contributed by atoms with Gasteiger partial charge in [0.1, 0.15) is 18.1 Å². The molecule has 0 saturated carbocycles. The van der Waals surface area contributed by atoms with Crippen molar-refractivity contribution in [1.29, 1.82) is 0 Å². The fourth-order valence-corrected chi connectivity index (χ4v) is 2.67. The quantitative estimate of drug-likeness (QED) is 0.434. The third-order valence-electron chi connectivity index (χ3n) is 4.43. The first-order chi connectivity index (χ1) is 14.0. The minimum atomic E-state index is -0.488. The standard InChI is InChI=1S/C21H27N3O5/c1-3-23(4-2)13-14-28-20-8-6-5-7-17(20)15-22-21(25)16-29-19-11-9-18(10-12-19)24(26)27/h5-12H,3-4,13-16H2,1-2H3,(H,22,25). The Kier molecular flexibility index (Phi) is 8.91. The Morgan fingerprint density at radius 2 is 1.76 bits per heavy atom. The summed E-state index contributed by atoms with van der Waals surface area (Å²) in [6.45, 7) is 7.76. The maximum atomic E-state index is 12.1. The average molecular weight is 401 g/mol. The molecule has 2 rings (SSSR count). The number of carbonyl (C=O) groups excluding carboxylic acids is 1. The van der Waals surface area contributed by atoms with Crippen molar-refractivity contribution in [3.63, 3.8) is 0 Å². The number of hydrogen-bond acceptors (Lipinski definition) is 6. The number of para-hydroxylation sites is 1. The van der Waals surface area contributed by atoms with Gasteiger partial charge in [0.05, 0.1) is 4.92 Å². The Labute approximate surface area is 170 Å². The van der Waals surface area contributed by atoms with Gasteiger partial charge in [-0.15, -0.1) is 0 Å². The molecule has 2 aromatic carbocycles. The molecule has 29 heavy (non-hydrogen) atoms. The van der Waals surface area contributed by atoms with Gasteiger partial charge in [-0.05, 0) is 31.3 Å². The molecule has 0 aliphatic heterocycles. The van der Waals surface area contributed by atoms with Crippen LogP contribution in [-0.4, -0.2) is 48.6 Å². The molecule has 2 aromatic rings. The van der Waals surface area contributed by atoms with Gasteiger partial charge in [-0.25, -0.2) is 0 Å². The maximum Gasteiger partial charge on any atom is 0.269 e. The highest BCUT2D eigenvalue weighted by atomic mass is 16.6. The monoisotopic (exact) mass is 401 g/mol. The Balaban J connectivity index is 1.80. The predicted octanol–water partition coefficient (Wildman–Crippen LogP) is 3.01. The molecule has 0 unspecified atom stereocenters. The van der Waals surface area contributed by atoms with E-state index < -0.39 is 4.92 Å². The predicted molar refractivity (Wildman–Crippen MR) is 110 cm³/mol. The molecule has 0 atom stereocenters. The molecule has 0 spiro atoms. The van der Waals surface area contributed by atoms with E-state index in [4.69, 9.17) is 9.47 Å². The topological polar surface area (TPSA) is 93.9 Å². The normalized spacial score (nSPS) is 10.6. The van der Waals surface area contributed by atoms with Crippen molar-refractivity contribution in [3.8, 4) is 11.5 Å². The number of amides is 1. The number of carbonyl (C=O) groups is 1. The molecule has 0 heterocycles. The van der Waals surface area contributed by atoms with Gasteiger partial charge in [-0.1, -0.05) is 32.0 Å². The number of ether oxygens (including phenoxy) is 2. The van der Waals surface area contributed by atoms with Crippen LogP contribution in [0.2, 0.25) is 0 Å². The van der Waals surface area contributed by atoms with E-state index in [0.717, 1.165) is 30.9 Å². The summed E-state index contributed by atoms with van der Waals surface area (Å²) in [5.41, 5.74) is 0.857. The first kappa shape index (κ1) is 22.2. The van der Waals surface area contributed by atoms with Crippen molar-refractivity contribution in [2.45, 2.75) is 20.4 Å². The summed E-state index contributed by atoms with van der Waals surface area (Å²) in [5.74, 6) is 0.850. The summed E-state index contributed by atoms with van der Waals surface area (Å²) in [5, 5.41) is 13.4. The van der Waals surface area contributed by atoms with Crippen LogP contribution in [0, 0.1) is 10.1 Å². The molecule has 0 aromatic heterocycles. The fourth-order valence-electron chi connectivity index (χ4n) is 2.67. The van der Waals surface area contributed by atoms with Crippen LogP contribution in [-0.2, 0) is 11.3 Å². The number of rotatable bonds is 12. The molecule has 0 aliphatic rings. The number of nitro benzene ring substituents is 1. The number of benzene rings is 2. The lowest BCUT2D eigenvalue weighted by atomic mass is 10.2. The minimum Gasteiger partial charge on any atom is -0.492 e. The van der Waals surface area contributed by atoms with Gasteiger partial charge in [-0.3, -0.25) is 14.9 Å². The average Bonchev–Trinajstić information content (AvgIpc) is 2.74. The fraction of sp³-hybridized carbons (Fsp3) is 0.381. The number of nitrogens with zero attached hydrogens (tertiary/aromatic N) is 2. The Hall–Kier alpha value is -3.13. The van der Waals surface area contributed by atoms with E-state index in [0.29, 0.717) is 18.9 Å². The summed E-state index contributed by atoms with van der Waals surface area (Å²) >= 11 is 0. The first-order valence-electron chi connectivity index (χ1n) is 9.60. The van der Waals surface area contributed by atoms with Crippen molar-refractivity contribution in [3.05, 3.63) is 64.2 Å². The number of non-ortho nitro benzene ring substituents is 1. The highest BCUT2D eigenvalue weighted by Gasteiger charge is 2.09. The largest absolute Gasteiger partial charge is 0.492 e. The number of nitro groups is 1. The van der Waals surface area contributed by atoms with Crippen molar-refractivity contribution < 1.29 is 19.2 Å². The lowest BCUT2D eigenvalue weighted by Crippen LogP contribution is -2.29. The molecule has 0 aliphatic carbocycles. The summed E-state index contributed by atoms with van der Waals surface area (Å²) in [6.07, 6.45) is 0. The summed E-state index contributed by atoms with van der Waals surface area (Å²) in [7, 11) is 0. The third-order valence-corrected chi connectivity index (χ3v) is 4.43. The van der Waals surface area contributed by atoms with Gasteiger partial charge < -0.3 is 19.7 Å². The van der Waals surface area contributed by atoms with Gasteiger partial charge in [0.25, 0.3) is 11.6 Å². The molecule has 0 bridgehead atoms. The summed E-state index contributed by atoms with van der Waals surface area (Å²) in [6, 6.07) is 13.2. The lowest BCUT2D eigenvalue weighted by molar-refractivity contribution is -0.384. The molecular formula is C21H27N3O5. The van der Waals surface area contributed by atoms with E-state index in [1.165, 1.54) is 24.3 Å². The van der Waals surface area contributed by atoms with Crippen LogP contribution in [0.3, 0.4) is 0 Å². The molecular weight excluding hydrogens is 374 g/mol. The zero-order chi connectivity index (χ0) is 21.1. The Morgan fingerprint density at radius 3 is 2.41 bits per heavy atom. The van der Waals surface area contributed by atoms with Gasteiger partial charge in [0.2, 0.25) is 0 Å². The van der Waals surface area contributed by atoms with E-state index in [1.54, 1.807) is 0 Å². The second kappa shape index (κ2) is 11.7. The van der Waals surface area contributed by atoms with Crippen molar-refractivity contribution in [2.75, 3.05) is 32.8 Å². The van der Waals surface area contributed by atoms with Crippen LogP contribution in [0.25, 0.3) is 0 Å². The zero-order valence-electron chi connectivity index (χ0n) is 16.8. The number of nitrogens with one attached hydrogen (secondary N) is 1. The molecule has 0 fully saturated rings. The van der Waals surface area contributed by atoms with E-state index in [2.05, 4.69) is 24.1 Å². The molecule has 8 nitrogen and oxygen atoms in total. The second-order valence-electron chi connectivity index (χ2n) is 6.30. The minimum absolute atomic E-state index is 0.0283. The van der Waals surface area contributed by atoms with Gasteiger partial charge in [0, 0.05) is 30.8 Å². The Bertz CT molecular complexity index is 791. The number of likely N-dealkylation sites (N-methyl/N-ethyl adjacent to an activating group) is 1. The van der Waals surface area contributed by atoms with Crippen molar-refractivity contribution in [1.82, 2.24) is 10.2 Å². The van der Waals surface area contributed by atoms with Crippen LogP contribution >= 0.6 is 0 Å². The van der Waals surface area contributed by atoms with E-state index >= 15 is 0 Å². The van der Waals surface area contributed by atoms with E-state index in [9.17, 15) is 14.9 Å². The van der Waals surface area contributed by atoms with E-state index in [1.807, 2.05) is 24.3 Å². The SMILES string of the molecule is CCN(CC)CCOc1ccccc1CNC(=O)COc1ccc([N+](=O)[O-])cc1. The number of hydrogen-bond donors (Lipinski definition) is 1. The molecule has 0 saturated heterocycles. The highest BCUT2D eigenvalue weighted by molar-refractivity contribution is 5.77. The molecule has 0 radical (unpaired) electrons. The van der Waals surface area contributed by atoms with Gasteiger partial charge in [-0.2, -0.15) is 0 Å². The smallest absolute Gasteiger partial charge is 0.269 e. The van der Waals surface area contributed by atoms with Gasteiger partial charge >= 0.3 is 0 Å². The van der Waals surface area contributed by atoms with Crippen molar-refractivity contribution >= 4 is 11.6 Å². The molecule has 156 valence electrons. The van der Waals surface area contributed by atoms with Crippen LogP contribution in [0.15, 0.2) is 48.5 Å². The van der Waals surface area contributed by atoms with Crippen LogP contribution in [0.4, 0.5) is 5.69 Å². The summed E-state index contributed by atoms with van der Waals surface area (Å²) < 4.78 is 11.2. The second-order valence-corrected chi connectivity index (χ2v) is 6.30. The van der Waals surface area contributed by atoms with Gasteiger partial charge in [0.15, 0.2) is 6.61 Å². The Morgan fingerprint density at radius 1 is 1.07 bits per heavy atom.